The fourth-order valence-corrected chi connectivity index (χ4v) is 5.28. The van der Waals surface area contributed by atoms with Crippen LogP contribution in [0.2, 0.25) is 0 Å². The van der Waals surface area contributed by atoms with Gasteiger partial charge >= 0.3 is 0 Å². The first-order chi connectivity index (χ1) is 14.0. The molecule has 0 saturated carbocycles. The van der Waals surface area contributed by atoms with E-state index in [2.05, 4.69) is 17.3 Å². The number of para-hydroxylation sites is 1. The molecule has 156 valence electrons. The van der Waals surface area contributed by atoms with Crippen LogP contribution in [0.3, 0.4) is 0 Å². The second-order valence-electron chi connectivity index (χ2n) is 8.08. The SMILES string of the molecule is CN1CCN(C(=O)C2CCN(C(=O)CC3Sc4ccccc4NC3=O)CC2)CC1. The van der Waals surface area contributed by atoms with Gasteiger partial charge in [-0.25, -0.2) is 0 Å². The summed E-state index contributed by atoms with van der Waals surface area (Å²) in [5.74, 6) is 0.149. The monoisotopic (exact) mass is 416 g/mol. The van der Waals surface area contributed by atoms with E-state index in [4.69, 9.17) is 0 Å². The van der Waals surface area contributed by atoms with Gasteiger partial charge in [0.1, 0.15) is 0 Å². The number of anilines is 1. The van der Waals surface area contributed by atoms with Crippen LogP contribution in [0, 0.1) is 5.92 Å². The number of rotatable bonds is 3. The number of hydrogen-bond acceptors (Lipinski definition) is 5. The minimum atomic E-state index is -0.401. The highest BCUT2D eigenvalue weighted by Crippen LogP contribution is 2.37. The molecule has 0 radical (unpaired) electrons. The number of amides is 3. The molecule has 0 aliphatic carbocycles. The van der Waals surface area contributed by atoms with E-state index < -0.39 is 5.25 Å². The average Bonchev–Trinajstić information content (AvgIpc) is 2.74. The number of nitrogens with zero attached hydrogens (tertiary/aromatic N) is 3. The molecule has 3 heterocycles. The Bertz CT molecular complexity index is 786. The maximum atomic E-state index is 12.8. The molecule has 0 spiro atoms. The summed E-state index contributed by atoms with van der Waals surface area (Å²) in [7, 11) is 2.08. The summed E-state index contributed by atoms with van der Waals surface area (Å²) in [6, 6.07) is 7.66. The van der Waals surface area contributed by atoms with Gasteiger partial charge in [-0.15, -0.1) is 11.8 Å². The van der Waals surface area contributed by atoms with Crippen LogP contribution in [0.15, 0.2) is 29.2 Å². The van der Waals surface area contributed by atoms with Crippen molar-refractivity contribution in [1.29, 1.82) is 0 Å². The van der Waals surface area contributed by atoms with Gasteiger partial charge in [0, 0.05) is 56.5 Å². The van der Waals surface area contributed by atoms with Crippen LogP contribution < -0.4 is 5.32 Å². The molecule has 0 bridgehead atoms. The van der Waals surface area contributed by atoms with Gasteiger partial charge in [-0.2, -0.15) is 0 Å². The summed E-state index contributed by atoms with van der Waals surface area (Å²) in [5, 5.41) is 2.49. The van der Waals surface area contributed by atoms with Gasteiger partial charge in [0.15, 0.2) is 0 Å². The number of carbonyl (C=O) groups excluding carboxylic acids is 3. The molecule has 0 aromatic heterocycles. The Morgan fingerprint density at radius 3 is 2.45 bits per heavy atom. The highest BCUT2D eigenvalue weighted by molar-refractivity contribution is 8.01. The number of carbonyl (C=O) groups is 3. The fraction of sp³-hybridized carbons (Fsp3) is 0.571. The summed E-state index contributed by atoms with van der Waals surface area (Å²) in [6.07, 6.45) is 1.62. The van der Waals surface area contributed by atoms with E-state index >= 15 is 0 Å². The second kappa shape index (κ2) is 8.75. The molecule has 4 rings (SSSR count). The van der Waals surface area contributed by atoms with Crippen molar-refractivity contribution < 1.29 is 14.4 Å². The molecule has 3 aliphatic heterocycles. The Balaban J connectivity index is 1.27. The van der Waals surface area contributed by atoms with Crippen molar-refractivity contribution in [3.8, 4) is 0 Å². The van der Waals surface area contributed by atoms with E-state index in [0.29, 0.717) is 25.9 Å². The molecule has 2 saturated heterocycles. The predicted octanol–water partition coefficient (Wildman–Crippen LogP) is 1.50. The minimum Gasteiger partial charge on any atom is -0.343 e. The molecule has 2 fully saturated rings. The van der Waals surface area contributed by atoms with Gasteiger partial charge in [0.2, 0.25) is 17.7 Å². The first-order valence-corrected chi connectivity index (χ1v) is 11.2. The van der Waals surface area contributed by atoms with Crippen molar-refractivity contribution in [2.24, 2.45) is 5.92 Å². The summed E-state index contributed by atoms with van der Waals surface area (Å²) < 4.78 is 0. The Labute approximate surface area is 175 Å². The first kappa shape index (κ1) is 20.2. The second-order valence-corrected chi connectivity index (χ2v) is 9.32. The predicted molar refractivity (Wildman–Crippen MR) is 113 cm³/mol. The summed E-state index contributed by atoms with van der Waals surface area (Å²) >= 11 is 1.46. The lowest BCUT2D eigenvalue weighted by atomic mass is 9.94. The van der Waals surface area contributed by atoms with E-state index in [0.717, 1.165) is 36.8 Å². The third-order valence-corrected chi connectivity index (χ3v) is 7.35. The number of benzene rings is 1. The number of hydrogen-bond donors (Lipinski definition) is 1. The fourth-order valence-electron chi connectivity index (χ4n) is 4.18. The molecule has 1 aromatic carbocycles. The molecule has 8 heteroatoms. The van der Waals surface area contributed by atoms with Crippen molar-refractivity contribution in [1.82, 2.24) is 14.7 Å². The number of nitrogens with one attached hydrogen (secondary N) is 1. The van der Waals surface area contributed by atoms with Crippen LogP contribution in [0.25, 0.3) is 0 Å². The van der Waals surface area contributed by atoms with E-state index in [1.807, 2.05) is 34.1 Å². The Hall–Kier alpha value is -2.06. The lowest BCUT2D eigenvalue weighted by Crippen LogP contribution is -2.51. The van der Waals surface area contributed by atoms with Gasteiger partial charge < -0.3 is 20.0 Å². The zero-order valence-corrected chi connectivity index (χ0v) is 17.6. The molecule has 1 unspecified atom stereocenters. The van der Waals surface area contributed by atoms with Crippen LogP contribution in [0.1, 0.15) is 19.3 Å². The summed E-state index contributed by atoms with van der Waals surface area (Å²) in [6.45, 7) is 4.63. The highest BCUT2D eigenvalue weighted by Gasteiger charge is 2.34. The number of piperazine rings is 1. The average molecular weight is 417 g/mol. The molecule has 3 aliphatic rings. The van der Waals surface area contributed by atoms with Crippen molar-refractivity contribution in [3.63, 3.8) is 0 Å². The Kier molecular flexibility index (Phi) is 6.10. The van der Waals surface area contributed by atoms with Crippen LogP contribution in [0.5, 0.6) is 0 Å². The Morgan fingerprint density at radius 2 is 1.72 bits per heavy atom. The zero-order valence-electron chi connectivity index (χ0n) is 16.8. The van der Waals surface area contributed by atoms with Crippen LogP contribution in [-0.2, 0) is 14.4 Å². The normalized spacial score (nSPS) is 23.5. The van der Waals surface area contributed by atoms with Crippen LogP contribution in [-0.4, -0.2) is 84.0 Å². The van der Waals surface area contributed by atoms with Crippen molar-refractivity contribution in [2.45, 2.75) is 29.4 Å². The highest BCUT2D eigenvalue weighted by atomic mass is 32.2. The van der Waals surface area contributed by atoms with E-state index in [1.165, 1.54) is 11.8 Å². The van der Waals surface area contributed by atoms with Gasteiger partial charge in [-0.1, -0.05) is 12.1 Å². The van der Waals surface area contributed by atoms with Crippen molar-refractivity contribution in [3.05, 3.63) is 24.3 Å². The number of piperidine rings is 1. The lowest BCUT2D eigenvalue weighted by Gasteiger charge is -2.37. The van der Waals surface area contributed by atoms with Gasteiger partial charge in [0.25, 0.3) is 0 Å². The largest absolute Gasteiger partial charge is 0.343 e. The quantitative estimate of drug-likeness (QED) is 0.809. The summed E-state index contributed by atoms with van der Waals surface area (Å²) in [4.78, 5) is 44.9. The van der Waals surface area contributed by atoms with Gasteiger partial charge in [0.05, 0.1) is 10.9 Å². The third-order valence-electron chi connectivity index (χ3n) is 6.08. The van der Waals surface area contributed by atoms with Crippen LogP contribution >= 0.6 is 11.8 Å². The summed E-state index contributed by atoms with van der Waals surface area (Å²) in [5.41, 5.74) is 0.814. The molecule has 29 heavy (non-hydrogen) atoms. The first-order valence-electron chi connectivity index (χ1n) is 10.3. The maximum absolute atomic E-state index is 12.8. The number of fused-ring (bicyclic) bond motifs is 1. The molecule has 3 amide bonds. The van der Waals surface area contributed by atoms with Crippen LogP contribution in [0.4, 0.5) is 5.69 Å². The number of thioether (sulfide) groups is 1. The van der Waals surface area contributed by atoms with Gasteiger partial charge in [-0.3, -0.25) is 14.4 Å². The molecule has 1 N–H and O–H groups in total. The van der Waals surface area contributed by atoms with Gasteiger partial charge in [-0.05, 0) is 32.0 Å². The van der Waals surface area contributed by atoms with E-state index in [1.54, 1.807) is 0 Å². The smallest absolute Gasteiger partial charge is 0.238 e. The number of likely N-dealkylation sites (tertiary alicyclic amines) is 1. The molecule has 1 aromatic rings. The number of likely N-dealkylation sites (N-methyl/N-ethyl adjacent to an activating group) is 1. The standard InChI is InChI=1S/C21H28N4O3S/c1-23-10-12-25(13-11-23)21(28)15-6-8-24(9-7-15)19(26)14-18-20(27)22-16-4-2-3-5-17(16)29-18/h2-5,15,18H,6-14H2,1H3,(H,22,27). The van der Waals surface area contributed by atoms with Crippen molar-refractivity contribution in [2.75, 3.05) is 51.6 Å². The lowest BCUT2D eigenvalue weighted by molar-refractivity contribution is -0.142. The maximum Gasteiger partial charge on any atom is 0.238 e. The minimum absolute atomic E-state index is 0.00234. The molecular weight excluding hydrogens is 388 g/mol. The van der Waals surface area contributed by atoms with Crippen molar-refractivity contribution >= 4 is 35.2 Å². The topological polar surface area (TPSA) is 73.0 Å². The molecule has 1 atom stereocenters. The third kappa shape index (κ3) is 4.59. The van der Waals surface area contributed by atoms with E-state index in [-0.39, 0.29) is 30.1 Å². The zero-order chi connectivity index (χ0) is 20.4. The molecule has 7 nitrogen and oxygen atoms in total. The van der Waals surface area contributed by atoms with E-state index in [9.17, 15) is 14.4 Å². The molecular formula is C21H28N4O3S. The Morgan fingerprint density at radius 1 is 1.03 bits per heavy atom.